The second kappa shape index (κ2) is 5.55. The molecule has 1 aliphatic rings. The van der Waals surface area contributed by atoms with Gasteiger partial charge in [0.2, 0.25) is 0 Å². The zero-order valence-corrected chi connectivity index (χ0v) is 13.1. The Balaban J connectivity index is 2.27. The summed E-state index contributed by atoms with van der Waals surface area (Å²) in [5, 5.41) is 10.8. The van der Waals surface area contributed by atoms with Gasteiger partial charge in [-0.05, 0) is 38.8 Å². The first-order valence-electron chi connectivity index (χ1n) is 6.77. The van der Waals surface area contributed by atoms with E-state index in [0.717, 1.165) is 24.8 Å². The number of alkyl halides is 1. The van der Waals surface area contributed by atoms with E-state index in [4.69, 9.17) is 11.6 Å². The highest BCUT2D eigenvalue weighted by atomic mass is 35.5. The molecule has 0 spiro atoms. The Bertz CT molecular complexity index is 462. The molecule has 1 N–H and O–H groups in total. The summed E-state index contributed by atoms with van der Waals surface area (Å²) < 4.78 is 11.6. The SMILES string of the molecule is Cc1ccc(S(=O)C(C)(Cl)C2(O)CCCCC2)cc1. The van der Waals surface area contributed by atoms with Gasteiger partial charge in [0.25, 0.3) is 0 Å². The van der Waals surface area contributed by atoms with E-state index in [2.05, 4.69) is 0 Å². The highest BCUT2D eigenvalue weighted by Gasteiger charge is 2.50. The van der Waals surface area contributed by atoms with E-state index in [9.17, 15) is 9.32 Å². The molecule has 0 aromatic heterocycles. The Kier molecular flexibility index (Phi) is 4.38. The predicted molar refractivity (Wildman–Crippen MR) is 79.9 cm³/mol. The normalized spacial score (nSPS) is 23.6. The third kappa shape index (κ3) is 2.88. The lowest BCUT2D eigenvalue weighted by Gasteiger charge is -2.42. The summed E-state index contributed by atoms with van der Waals surface area (Å²) in [5.41, 5.74) is 0.0798. The van der Waals surface area contributed by atoms with Gasteiger partial charge in [-0.2, -0.15) is 0 Å². The van der Waals surface area contributed by atoms with Crippen molar-refractivity contribution in [3.63, 3.8) is 0 Å². The van der Waals surface area contributed by atoms with E-state index in [1.165, 1.54) is 0 Å². The van der Waals surface area contributed by atoms with Crippen LogP contribution >= 0.6 is 11.6 Å². The summed E-state index contributed by atoms with van der Waals surface area (Å²) in [5.74, 6) is 0. The van der Waals surface area contributed by atoms with Crippen molar-refractivity contribution in [3.8, 4) is 0 Å². The smallest absolute Gasteiger partial charge is 0.149 e. The summed E-state index contributed by atoms with van der Waals surface area (Å²) in [6, 6.07) is 7.51. The topological polar surface area (TPSA) is 37.3 Å². The lowest BCUT2D eigenvalue weighted by Crippen LogP contribution is -2.52. The van der Waals surface area contributed by atoms with Crippen LogP contribution in [0.5, 0.6) is 0 Å². The number of benzene rings is 1. The molecule has 0 bridgehead atoms. The van der Waals surface area contributed by atoms with Crippen LogP contribution in [0.25, 0.3) is 0 Å². The third-order valence-electron chi connectivity index (χ3n) is 4.10. The van der Waals surface area contributed by atoms with Crippen LogP contribution in [-0.2, 0) is 10.8 Å². The Hall–Kier alpha value is -0.380. The zero-order valence-electron chi connectivity index (χ0n) is 11.5. The fraction of sp³-hybridized carbons (Fsp3) is 0.600. The molecule has 0 saturated heterocycles. The second-order valence-electron chi connectivity index (χ2n) is 5.59. The van der Waals surface area contributed by atoms with Gasteiger partial charge >= 0.3 is 0 Å². The maximum Gasteiger partial charge on any atom is 0.149 e. The first-order valence-corrected chi connectivity index (χ1v) is 8.29. The highest BCUT2D eigenvalue weighted by Crippen LogP contribution is 2.44. The van der Waals surface area contributed by atoms with E-state index >= 15 is 0 Å². The van der Waals surface area contributed by atoms with Gasteiger partial charge in [0.1, 0.15) is 4.21 Å². The van der Waals surface area contributed by atoms with Crippen molar-refractivity contribution < 1.29 is 9.32 Å². The van der Waals surface area contributed by atoms with Gasteiger partial charge in [0.05, 0.1) is 16.4 Å². The molecule has 1 saturated carbocycles. The fourth-order valence-corrected chi connectivity index (χ4v) is 4.47. The molecule has 4 heteroatoms. The molecule has 1 aromatic carbocycles. The van der Waals surface area contributed by atoms with E-state index in [1.807, 2.05) is 31.2 Å². The molecule has 2 nitrogen and oxygen atoms in total. The molecule has 19 heavy (non-hydrogen) atoms. The van der Waals surface area contributed by atoms with Crippen molar-refractivity contribution >= 4 is 22.4 Å². The molecule has 0 radical (unpaired) electrons. The van der Waals surface area contributed by atoms with Gasteiger partial charge in [-0.25, -0.2) is 0 Å². The fourth-order valence-electron chi connectivity index (χ4n) is 2.64. The summed E-state index contributed by atoms with van der Waals surface area (Å²) in [7, 11) is -1.42. The van der Waals surface area contributed by atoms with E-state index in [-0.39, 0.29) is 0 Å². The standard InChI is InChI=1S/C15H21ClO2S/c1-12-6-8-13(9-7-12)19(18)14(2,16)15(17)10-4-3-5-11-15/h6-9,17H,3-5,10-11H2,1-2H3. The minimum atomic E-state index is -1.42. The summed E-state index contributed by atoms with van der Waals surface area (Å²) in [6.07, 6.45) is 4.27. The van der Waals surface area contributed by atoms with Gasteiger partial charge in [-0.1, -0.05) is 37.0 Å². The van der Waals surface area contributed by atoms with Crippen molar-refractivity contribution in [1.82, 2.24) is 0 Å². The molecule has 0 amide bonds. The van der Waals surface area contributed by atoms with Crippen LogP contribution in [0.3, 0.4) is 0 Å². The number of halogens is 1. The highest BCUT2D eigenvalue weighted by molar-refractivity contribution is 7.88. The van der Waals surface area contributed by atoms with Crippen molar-refractivity contribution in [2.75, 3.05) is 0 Å². The lowest BCUT2D eigenvalue weighted by molar-refractivity contribution is -0.00615. The molecule has 1 aromatic rings. The number of hydrogen-bond acceptors (Lipinski definition) is 2. The van der Waals surface area contributed by atoms with Crippen LogP contribution < -0.4 is 0 Å². The molecule has 1 aliphatic carbocycles. The molecule has 2 rings (SSSR count). The average Bonchev–Trinajstić information content (AvgIpc) is 2.39. The van der Waals surface area contributed by atoms with Crippen molar-refractivity contribution in [3.05, 3.63) is 29.8 Å². The van der Waals surface area contributed by atoms with E-state index in [0.29, 0.717) is 17.7 Å². The van der Waals surface area contributed by atoms with Gasteiger partial charge in [0, 0.05) is 4.90 Å². The van der Waals surface area contributed by atoms with Crippen LogP contribution in [-0.4, -0.2) is 19.1 Å². The predicted octanol–water partition coefficient (Wildman–Crippen LogP) is 3.75. The summed E-state index contributed by atoms with van der Waals surface area (Å²) >= 11 is 6.53. The van der Waals surface area contributed by atoms with E-state index < -0.39 is 20.6 Å². The van der Waals surface area contributed by atoms with Crippen LogP contribution in [0.15, 0.2) is 29.2 Å². The second-order valence-corrected chi connectivity index (χ2v) is 8.40. The van der Waals surface area contributed by atoms with Crippen LogP contribution in [0.4, 0.5) is 0 Å². The minimum absolute atomic E-state index is 0.630. The number of rotatable bonds is 3. The quantitative estimate of drug-likeness (QED) is 0.863. The molecule has 106 valence electrons. The molecule has 2 unspecified atom stereocenters. The largest absolute Gasteiger partial charge is 0.387 e. The molecule has 1 fully saturated rings. The summed E-state index contributed by atoms with van der Waals surface area (Å²) in [4.78, 5) is 0.682. The first-order chi connectivity index (χ1) is 8.87. The van der Waals surface area contributed by atoms with Crippen LogP contribution in [0.2, 0.25) is 0 Å². The van der Waals surface area contributed by atoms with Crippen molar-refractivity contribution in [2.24, 2.45) is 0 Å². The minimum Gasteiger partial charge on any atom is -0.387 e. The van der Waals surface area contributed by atoms with E-state index in [1.54, 1.807) is 6.92 Å². The molecular formula is C15H21ClO2S. The van der Waals surface area contributed by atoms with Crippen molar-refractivity contribution in [2.45, 2.75) is 60.7 Å². The summed E-state index contributed by atoms with van der Waals surface area (Å²) in [6.45, 7) is 3.69. The first kappa shape index (κ1) is 15.0. The number of aliphatic hydroxyl groups is 1. The maximum absolute atomic E-state index is 12.7. The Labute approximate surface area is 122 Å². The van der Waals surface area contributed by atoms with Gasteiger partial charge in [-0.3, -0.25) is 4.21 Å². The lowest BCUT2D eigenvalue weighted by atomic mass is 9.82. The monoisotopic (exact) mass is 300 g/mol. The van der Waals surface area contributed by atoms with Crippen LogP contribution in [0, 0.1) is 6.92 Å². The zero-order chi connectivity index (χ0) is 14.1. The Morgan fingerprint density at radius 1 is 1.21 bits per heavy atom. The van der Waals surface area contributed by atoms with Gasteiger partial charge in [0.15, 0.2) is 0 Å². The molecule has 0 aliphatic heterocycles. The average molecular weight is 301 g/mol. The van der Waals surface area contributed by atoms with Crippen molar-refractivity contribution in [1.29, 1.82) is 0 Å². The molecular weight excluding hydrogens is 280 g/mol. The number of aryl methyl sites for hydroxylation is 1. The van der Waals surface area contributed by atoms with Crippen LogP contribution in [0.1, 0.15) is 44.6 Å². The van der Waals surface area contributed by atoms with Gasteiger partial charge < -0.3 is 5.11 Å². The Morgan fingerprint density at radius 3 is 2.26 bits per heavy atom. The number of hydrogen-bond donors (Lipinski definition) is 1. The Morgan fingerprint density at radius 2 is 1.74 bits per heavy atom. The molecule has 2 atom stereocenters. The van der Waals surface area contributed by atoms with Gasteiger partial charge in [-0.15, -0.1) is 11.6 Å². The maximum atomic E-state index is 12.7. The third-order valence-corrected chi connectivity index (χ3v) is 6.64. The molecule has 0 heterocycles.